The summed E-state index contributed by atoms with van der Waals surface area (Å²) in [6.45, 7) is 11.5. The van der Waals surface area contributed by atoms with Gasteiger partial charge in [0.2, 0.25) is 0 Å². The molecule has 1 unspecified atom stereocenters. The molecule has 19 heavy (non-hydrogen) atoms. The van der Waals surface area contributed by atoms with E-state index in [1.54, 1.807) is 4.68 Å². The molecule has 0 aliphatic carbocycles. The van der Waals surface area contributed by atoms with Crippen LogP contribution in [0, 0.1) is 0 Å². The van der Waals surface area contributed by atoms with E-state index in [1.807, 2.05) is 32.0 Å². The molecule has 0 fully saturated rings. The minimum atomic E-state index is -0.817. The number of carboxylic acid groups (broad SMARTS) is 1. The fraction of sp³-hybridized carbons (Fsp3) is 0.714. The van der Waals surface area contributed by atoms with Gasteiger partial charge in [-0.15, -0.1) is 0 Å². The lowest BCUT2D eigenvalue weighted by Gasteiger charge is -2.28. The lowest BCUT2D eigenvalue weighted by atomic mass is 9.87. The third-order valence-corrected chi connectivity index (χ3v) is 3.27. The Labute approximate surface area is 115 Å². The third kappa shape index (κ3) is 3.35. The van der Waals surface area contributed by atoms with Gasteiger partial charge in [0.05, 0.1) is 5.69 Å². The second-order valence-corrected chi connectivity index (χ2v) is 5.82. The van der Waals surface area contributed by atoms with Crippen molar-refractivity contribution < 1.29 is 9.90 Å². The number of likely N-dealkylation sites (N-methyl/N-ethyl adjacent to an activating group) is 1. The van der Waals surface area contributed by atoms with Gasteiger partial charge in [-0.3, -0.25) is 14.4 Å². The summed E-state index contributed by atoms with van der Waals surface area (Å²) in [6.07, 6.45) is 1.83. The standard InChI is InChI=1S/C14H25N3O2/c1-7-17(8-2)11(13(18)19)10-9-16(6)15-12(10)14(3,4)5/h9,11H,7-8H2,1-6H3,(H,18,19). The molecule has 0 spiro atoms. The van der Waals surface area contributed by atoms with Crippen LogP contribution in [-0.2, 0) is 17.3 Å². The highest BCUT2D eigenvalue weighted by molar-refractivity contribution is 5.76. The molecule has 0 saturated carbocycles. The molecule has 0 aliphatic rings. The Morgan fingerprint density at radius 1 is 1.42 bits per heavy atom. The average molecular weight is 267 g/mol. The largest absolute Gasteiger partial charge is 0.480 e. The van der Waals surface area contributed by atoms with Crippen LogP contribution in [0.2, 0.25) is 0 Å². The molecule has 0 saturated heterocycles. The molecule has 0 aliphatic heterocycles. The molecule has 1 aromatic heterocycles. The topological polar surface area (TPSA) is 58.4 Å². The molecular weight excluding hydrogens is 242 g/mol. The minimum absolute atomic E-state index is 0.169. The quantitative estimate of drug-likeness (QED) is 0.888. The monoisotopic (exact) mass is 267 g/mol. The van der Waals surface area contributed by atoms with Crippen LogP contribution in [0.4, 0.5) is 0 Å². The normalized spacial score (nSPS) is 13.8. The maximum absolute atomic E-state index is 11.7. The van der Waals surface area contributed by atoms with Gasteiger partial charge in [0.15, 0.2) is 0 Å². The smallest absolute Gasteiger partial charge is 0.325 e. The molecule has 0 amide bonds. The first kappa shape index (κ1) is 15.7. The summed E-state index contributed by atoms with van der Waals surface area (Å²) < 4.78 is 1.70. The van der Waals surface area contributed by atoms with Gasteiger partial charge in [0.1, 0.15) is 6.04 Å². The fourth-order valence-electron chi connectivity index (χ4n) is 2.36. The summed E-state index contributed by atoms with van der Waals surface area (Å²) >= 11 is 0. The van der Waals surface area contributed by atoms with Crippen LogP contribution in [0.5, 0.6) is 0 Å². The average Bonchev–Trinajstić information content (AvgIpc) is 2.66. The first-order chi connectivity index (χ1) is 8.72. The van der Waals surface area contributed by atoms with Crippen molar-refractivity contribution in [2.45, 2.75) is 46.1 Å². The third-order valence-electron chi connectivity index (χ3n) is 3.27. The Kier molecular flexibility index (Phi) is 4.74. The van der Waals surface area contributed by atoms with E-state index in [4.69, 9.17) is 0 Å². The molecule has 0 radical (unpaired) electrons. The number of aromatic nitrogens is 2. The number of hydrogen-bond donors (Lipinski definition) is 1. The van der Waals surface area contributed by atoms with Crippen molar-refractivity contribution in [2.24, 2.45) is 7.05 Å². The first-order valence-corrected chi connectivity index (χ1v) is 6.73. The highest BCUT2D eigenvalue weighted by atomic mass is 16.4. The Balaban J connectivity index is 3.35. The maximum Gasteiger partial charge on any atom is 0.325 e. The lowest BCUT2D eigenvalue weighted by molar-refractivity contribution is -0.143. The predicted molar refractivity (Wildman–Crippen MR) is 75.2 cm³/mol. The van der Waals surface area contributed by atoms with Gasteiger partial charge in [0, 0.05) is 24.2 Å². The van der Waals surface area contributed by atoms with Gasteiger partial charge in [-0.25, -0.2) is 0 Å². The van der Waals surface area contributed by atoms with E-state index < -0.39 is 12.0 Å². The number of hydrogen-bond acceptors (Lipinski definition) is 3. The van der Waals surface area contributed by atoms with Gasteiger partial charge >= 0.3 is 5.97 Å². The highest BCUT2D eigenvalue weighted by Crippen LogP contribution is 2.31. The van der Waals surface area contributed by atoms with E-state index in [-0.39, 0.29) is 5.41 Å². The van der Waals surface area contributed by atoms with E-state index in [0.717, 1.165) is 11.3 Å². The summed E-state index contributed by atoms with van der Waals surface area (Å²) in [6, 6.07) is -0.627. The fourth-order valence-corrected chi connectivity index (χ4v) is 2.36. The zero-order valence-corrected chi connectivity index (χ0v) is 12.8. The predicted octanol–water partition coefficient (Wildman–Crippen LogP) is 2.19. The summed E-state index contributed by atoms with van der Waals surface area (Å²) in [5.41, 5.74) is 1.48. The molecule has 1 aromatic rings. The van der Waals surface area contributed by atoms with Gasteiger partial charge in [-0.2, -0.15) is 5.10 Å². The van der Waals surface area contributed by atoms with Gasteiger partial charge in [0.25, 0.3) is 0 Å². The number of carbonyl (C=O) groups is 1. The summed E-state index contributed by atoms with van der Waals surface area (Å²) in [5, 5.41) is 14.0. The SMILES string of the molecule is CCN(CC)C(C(=O)O)c1cn(C)nc1C(C)(C)C. The Morgan fingerprint density at radius 3 is 2.32 bits per heavy atom. The van der Waals surface area contributed by atoms with Crippen LogP contribution < -0.4 is 0 Å². The number of carboxylic acids is 1. The van der Waals surface area contributed by atoms with Crippen molar-refractivity contribution in [3.8, 4) is 0 Å². The second-order valence-electron chi connectivity index (χ2n) is 5.82. The van der Waals surface area contributed by atoms with Gasteiger partial charge in [-0.05, 0) is 13.1 Å². The maximum atomic E-state index is 11.7. The van der Waals surface area contributed by atoms with Crippen LogP contribution in [0.15, 0.2) is 6.20 Å². The highest BCUT2D eigenvalue weighted by Gasteiger charge is 2.33. The number of aliphatic carboxylic acids is 1. The van der Waals surface area contributed by atoms with Crippen LogP contribution in [0.3, 0.4) is 0 Å². The summed E-state index contributed by atoms with van der Waals surface area (Å²) in [5.74, 6) is -0.817. The van der Waals surface area contributed by atoms with Crippen molar-refractivity contribution >= 4 is 5.97 Å². The van der Waals surface area contributed by atoms with Crippen molar-refractivity contribution in [1.82, 2.24) is 14.7 Å². The Hall–Kier alpha value is -1.36. The Bertz CT molecular complexity index is 442. The molecule has 1 rings (SSSR count). The van der Waals surface area contributed by atoms with E-state index in [2.05, 4.69) is 25.9 Å². The zero-order chi connectivity index (χ0) is 14.8. The van der Waals surface area contributed by atoms with Crippen LogP contribution in [0.25, 0.3) is 0 Å². The minimum Gasteiger partial charge on any atom is -0.480 e. The first-order valence-electron chi connectivity index (χ1n) is 6.73. The van der Waals surface area contributed by atoms with E-state index >= 15 is 0 Å². The van der Waals surface area contributed by atoms with Crippen molar-refractivity contribution in [1.29, 1.82) is 0 Å². The van der Waals surface area contributed by atoms with Crippen molar-refractivity contribution in [3.63, 3.8) is 0 Å². The van der Waals surface area contributed by atoms with Crippen LogP contribution >= 0.6 is 0 Å². The number of aryl methyl sites for hydroxylation is 1. The molecule has 108 valence electrons. The van der Waals surface area contributed by atoms with Crippen LogP contribution in [0.1, 0.15) is 51.9 Å². The molecule has 5 nitrogen and oxygen atoms in total. The molecule has 1 heterocycles. The summed E-state index contributed by atoms with van der Waals surface area (Å²) in [4.78, 5) is 13.6. The van der Waals surface area contributed by atoms with Crippen molar-refractivity contribution in [2.75, 3.05) is 13.1 Å². The van der Waals surface area contributed by atoms with Crippen molar-refractivity contribution in [3.05, 3.63) is 17.5 Å². The zero-order valence-electron chi connectivity index (χ0n) is 12.8. The van der Waals surface area contributed by atoms with E-state index in [1.165, 1.54) is 0 Å². The van der Waals surface area contributed by atoms with E-state index in [9.17, 15) is 9.90 Å². The molecule has 5 heteroatoms. The van der Waals surface area contributed by atoms with Gasteiger partial charge in [-0.1, -0.05) is 34.6 Å². The number of nitrogens with zero attached hydrogens (tertiary/aromatic N) is 3. The number of rotatable bonds is 5. The van der Waals surface area contributed by atoms with Crippen LogP contribution in [-0.4, -0.2) is 38.8 Å². The lowest BCUT2D eigenvalue weighted by Crippen LogP contribution is -2.35. The molecular formula is C14H25N3O2. The molecule has 0 aromatic carbocycles. The second kappa shape index (κ2) is 5.74. The van der Waals surface area contributed by atoms with Gasteiger partial charge < -0.3 is 5.11 Å². The molecule has 1 atom stereocenters. The molecule has 1 N–H and O–H groups in total. The molecule has 0 bridgehead atoms. The summed E-state index contributed by atoms with van der Waals surface area (Å²) in [7, 11) is 1.83. The van der Waals surface area contributed by atoms with E-state index in [0.29, 0.717) is 13.1 Å². The Morgan fingerprint density at radius 2 is 1.95 bits per heavy atom.